The number of hydrogen-bond donors (Lipinski definition) is 0. The van der Waals surface area contributed by atoms with Gasteiger partial charge in [0, 0.05) is 6.61 Å². The molecular weight excluding hydrogens is 211 g/mol. The minimum absolute atomic E-state index is 0. The predicted molar refractivity (Wildman–Crippen MR) is 76.1 cm³/mol. The molecule has 1 rings (SSSR count). The standard InChI is InChI=1S/C14H28O.Al.3H/c1-2-3-4-5-6-7-8-11-14-12-9-10-13-15-14;;;;/h14H,2-13H2,1H3;;;;. The first-order valence-corrected chi connectivity index (χ1v) is 7.05. The lowest BCUT2D eigenvalue weighted by atomic mass is 10.0. The molecule has 0 amide bonds. The van der Waals surface area contributed by atoms with E-state index < -0.39 is 0 Å². The summed E-state index contributed by atoms with van der Waals surface area (Å²) in [6.45, 7) is 3.29. The molecule has 0 aromatic heterocycles. The van der Waals surface area contributed by atoms with Gasteiger partial charge in [-0.3, -0.25) is 0 Å². The van der Waals surface area contributed by atoms with Crippen LogP contribution in [0.5, 0.6) is 0 Å². The van der Waals surface area contributed by atoms with Crippen molar-refractivity contribution in [2.75, 3.05) is 6.61 Å². The minimum atomic E-state index is 0. The number of ether oxygens (including phenoxy) is 1. The highest BCUT2D eigenvalue weighted by Gasteiger charge is 2.12. The van der Waals surface area contributed by atoms with E-state index in [0.717, 1.165) is 6.61 Å². The van der Waals surface area contributed by atoms with E-state index in [0.29, 0.717) is 6.10 Å². The highest BCUT2D eigenvalue weighted by atomic mass is 27.0. The third-order valence-electron chi connectivity index (χ3n) is 3.40. The average molecular weight is 242 g/mol. The zero-order valence-corrected chi connectivity index (χ0v) is 10.5. The molecule has 0 aromatic rings. The summed E-state index contributed by atoms with van der Waals surface area (Å²) in [5.74, 6) is 0. The molecule has 0 spiro atoms. The maximum absolute atomic E-state index is 5.72. The second-order valence-electron chi connectivity index (χ2n) is 4.90. The molecule has 16 heavy (non-hydrogen) atoms. The Morgan fingerprint density at radius 2 is 1.62 bits per heavy atom. The molecule has 96 valence electrons. The molecule has 0 aromatic carbocycles. The third-order valence-corrected chi connectivity index (χ3v) is 3.40. The van der Waals surface area contributed by atoms with Gasteiger partial charge in [0.25, 0.3) is 0 Å². The van der Waals surface area contributed by atoms with Gasteiger partial charge in [0.2, 0.25) is 0 Å². The SMILES string of the molecule is CCCCCCCCCC1CCCCO1.[AlH3]. The zero-order valence-electron chi connectivity index (χ0n) is 10.5. The van der Waals surface area contributed by atoms with E-state index in [1.54, 1.807) is 0 Å². The van der Waals surface area contributed by atoms with E-state index in [1.807, 2.05) is 0 Å². The molecule has 0 N–H and O–H groups in total. The minimum Gasteiger partial charge on any atom is -0.378 e. The first-order chi connectivity index (χ1) is 7.43. The van der Waals surface area contributed by atoms with Crippen molar-refractivity contribution in [1.29, 1.82) is 0 Å². The molecule has 1 aliphatic heterocycles. The Balaban J connectivity index is 0.00000225. The molecule has 1 heterocycles. The Morgan fingerprint density at radius 1 is 0.938 bits per heavy atom. The summed E-state index contributed by atoms with van der Waals surface area (Å²) in [5.41, 5.74) is 0. The summed E-state index contributed by atoms with van der Waals surface area (Å²) in [7, 11) is 0. The molecular formula is C14H31AlO. The molecule has 1 unspecified atom stereocenters. The van der Waals surface area contributed by atoms with E-state index >= 15 is 0 Å². The molecule has 1 saturated heterocycles. The van der Waals surface area contributed by atoms with Gasteiger partial charge in [0.05, 0.1) is 6.10 Å². The second kappa shape index (κ2) is 12.0. The smallest absolute Gasteiger partial charge is 0.187 e. The normalized spacial score (nSPS) is 20.4. The van der Waals surface area contributed by atoms with Crippen LogP contribution >= 0.6 is 0 Å². The first-order valence-electron chi connectivity index (χ1n) is 7.05. The fourth-order valence-electron chi connectivity index (χ4n) is 2.36. The Morgan fingerprint density at radius 3 is 2.25 bits per heavy atom. The third kappa shape index (κ3) is 8.62. The molecule has 1 nitrogen and oxygen atoms in total. The van der Waals surface area contributed by atoms with Gasteiger partial charge < -0.3 is 4.74 Å². The van der Waals surface area contributed by atoms with E-state index in [9.17, 15) is 0 Å². The van der Waals surface area contributed by atoms with E-state index in [2.05, 4.69) is 6.92 Å². The number of unbranched alkanes of at least 4 members (excludes halogenated alkanes) is 6. The molecule has 0 saturated carbocycles. The second-order valence-corrected chi connectivity index (χ2v) is 4.90. The summed E-state index contributed by atoms with van der Waals surface area (Å²) in [6, 6.07) is 0. The van der Waals surface area contributed by atoms with E-state index in [1.165, 1.54) is 70.6 Å². The number of hydrogen-bond acceptors (Lipinski definition) is 1. The van der Waals surface area contributed by atoms with Crippen LogP contribution in [0.3, 0.4) is 0 Å². The molecule has 0 radical (unpaired) electrons. The van der Waals surface area contributed by atoms with Crippen LogP contribution in [0.25, 0.3) is 0 Å². The van der Waals surface area contributed by atoms with Gasteiger partial charge >= 0.3 is 0 Å². The monoisotopic (exact) mass is 242 g/mol. The van der Waals surface area contributed by atoms with Gasteiger partial charge in [-0.05, 0) is 25.7 Å². The first kappa shape index (κ1) is 16.5. The van der Waals surface area contributed by atoms with Gasteiger partial charge in [0.1, 0.15) is 0 Å². The molecule has 1 fully saturated rings. The highest BCUT2D eigenvalue weighted by Crippen LogP contribution is 2.18. The largest absolute Gasteiger partial charge is 0.378 e. The summed E-state index contributed by atoms with van der Waals surface area (Å²) in [6.07, 6.45) is 15.8. The lowest BCUT2D eigenvalue weighted by molar-refractivity contribution is 0.00977. The maximum atomic E-state index is 5.72. The Kier molecular flexibility index (Phi) is 12.3. The Hall–Kier alpha value is 0.492. The van der Waals surface area contributed by atoms with E-state index in [4.69, 9.17) is 4.74 Å². The van der Waals surface area contributed by atoms with Gasteiger partial charge in [-0.25, -0.2) is 0 Å². The van der Waals surface area contributed by atoms with Gasteiger partial charge in [-0.1, -0.05) is 51.9 Å². The van der Waals surface area contributed by atoms with Crippen molar-refractivity contribution < 1.29 is 4.74 Å². The van der Waals surface area contributed by atoms with Crippen molar-refractivity contribution in [3.8, 4) is 0 Å². The van der Waals surface area contributed by atoms with Crippen LogP contribution < -0.4 is 0 Å². The average Bonchev–Trinajstić information content (AvgIpc) is 2.29. The molecule has 1 atom stereocenters. The quantitative estimate of drug-likeness (QED) is 0.467. The predicted octanol–water partition coefficient (Wildman–Crippen LogP) is 3.51. The van der Waals surface area contributed by atoms with Crippen LogP contribution in [0.1, 0.15) is 77.6 Å². The van der Waals surface area contributed by atoms with Crippen LogP contribution in [0.2, 0.25) is 0 Å². The topological polar surface area (TPSA) is 9.23 Å². The van der Waals surface area contributed by atoms with Crippen molar-refractivity contribution in [3.05, 3.63) is 0 Å². The Labute approximate surface area is 112 Å². The van der Waals surface area contributed by atoms with Crippen molar-refractivity contribution in [3.63, 3.8) is 0 Å². The summed E-state index contributed by atoms with van der Waals surface area (Å²) < 4.78 is 5.72. The highest BCUT2D eigenvalue weighted by molar-refractivity contribution is 5.75. The van der Waals surface area contributed by atoms with Crippen molar-refractivity contribution >= 4 is 17.4 Å². The maximum Gasteiger partial charge on any atom is 0.187 e. The van der Waals surface area contributed by atoms with Crippen LogP contribution in [-0.2, 0) is 4.74 Å². The lowest BCUT2D eigenvalue weighted by Gasteiger charge is -2.22. The summed E-state index contributed by atoms with van der Waals surface area (Å²) in [4.78, 5) is 0. The summed E-state index contributed by atoms with van der Waals surface area (Å²) in [5, 5.41) is 0. The summed E-state index contributed by atoms with van der Waals surface area (Å²) >= 11 is 0. The van der Waals surface area contributed by atoms with Crippen molar-refractivity contribution in [2.24, 2.45) is 0 Å². The van der Waals surface area contributed by atoms with Crippen LogP contribution in [0, 0.1) is 0 Å². The zero-order chi connectivity index (χ0) is 10.8. The van der Waals surface area contributed by atoms with Crippen LogP contribution in [-0.4, -0.2) is 30.1 Å². The van der Waals surface area contributed by atoms with Crippen molar-refractivity contribution in [1.82, 2.24) is 0 Å². The van der Waals surface area contributed by atoms with Gasteiger partial charge in [-0.2, -0.15) is 0 Å². The molecule has 1 aliphatic rings. The fourth-order valence-corrected chi connectivity index (χ4v) is 2.36. The lowest BCUT2D eigenvalue weighted by Crippen LogP contribution is -2.18. The molecule has 0 bridgehead atoms. The number of rotatable bonds is 8. The van der Waals surface area contributed by atoms with Gasteiger partial charge in [0.15, 0.2) is 17.4 Å². The van der Waals surface area contributed by atoms with Crippen LogP contribution in [0.15, 0.2) is 0 Å². The van der Waals surface area contributed by atoms with Gasteiger partial charge in [-0.15, -0.1) is 0 Å². The molecule has 2 heteroatoms. The van der Waals surface area contributed by atoms with Crippen LogP contribution in [0.4, 0.5) is 0 Å². The molecule has 0 aliphatic carbocycles. The Bertz CT molecular complexity index is 133. The van der Waals surface area contributed by atoms with Crippen molar-refractivity contribution in [2.45, 2.75) is 83.7 Å². The fraction of sp³-hybridized carbons (Fsp3) is 1.00. The van der Waals surface area contributed by atoms with E-state index in [-0.39, 0.29) is 17.4 Å².